The van der Waals surface area contributed by atoms with Crippen LogP contribution >= 0.6 is 22.9 Å². The third-order valence-corrected chi connectivity index (χ3v) is 7.17. The number of piperidine rings is 1. The summed E-state index contributed by atoms with van der Waals surface area (Å²) in [6.07, 6.45) is 2.69. The summed E-state index contributed by atoms with van der Waals surface area (Å²) >= 11 is 7.44. The van der Waals surface area contributed by atoms with Gasteiger partial charge in [-0.15, -0.1) is 11.3 Å². The Balaban J connectivity index is 1.69. The molecule has 0 saturated carbocycles. The lowest BCUT2D eigenvalue weighted by molar-refractivity contribution is -0.118. The normalized spacial score (nSPS) is 15.7. The van der Waals surface area contributed by atoms with Gasteiger partial charge < -0.3 is 9.64 Å². The molecule has 1 aromatic heterocycles. The van der Waals surface area contributed by atoms with Crippen molar-refractivity contribution in [2.75, 3.05) is 39.1 Å². The molecule has 2 heterocycles. The maximum atomic E-state index is 12.1. The lowest BCUT2D eigenvalue weighted by atomic mass is 10.1. The first kappa shape index (κ1) is 25.0. The van der Waals surface area contributed by atoms with Crippen LogP contribution in [0.15, 0.2) is 24.3 Å². The highest BCUT2D eigenvalue weighted by atomic mass is 35.5. The minimum Gasteiger partial charge on any atom is -0.372 e. The van der Waals surface area contributed by atoms with Crippen molar-refractivity contribution < 1.29 is 22.1 Å². The van der Waals surface area contributed by atoms with Gasteiger partial charge in [0.1, 0.15) is 6.61 Å². The van der Waals surface area contributed by atoms with Crippen molar-refractivity contribution in [1.82, 2.24) is 14.6 Å². The predicted octanol–water partition coefficient (Wildman–Crippen LogP) is 2.42. The molecule has 0 atom stereocenters. The number of benzene rings is 1. The van der Waals surface area contributed by atoms with Gasteiger partial charge in [-0.05, 0) is 37.6 Å². The predicted molar refractivity (Wildman–Crippen MR) is 124 cm³/mol. The fourth-order valence-corrected chi connectivity index (χ4v) is 4.82. The van der Waals surface area contributed by atoms with Crippen LogP contribution in [0, 0.1) is 0 Å². The molecule has 1 aromatic carbocycles. The number of nitrogens with one attached hydrogen (secondary N) is 2. The number of nitrogens with zero attached hydrogens (tertiary/aromatic N) is 2. The number of hydrogen-bond donors (Lipinski definition) is 2. The van der Waals surface area contributed by atoms with Crippen LogP contribution in [0.5, 0.6) is 0 Å². The summed E-state index contributed by atoms with van der Waals surface area (Å²) < 4.78 is 35.4. The molecule has 176 valence electrons. The van der Waals surface area contributed by atoms with E-state index in [-0.39, 0.29) is 6.10 Å². The van der Waals surface area contributed by atoms with E-state index in [0.29, 0.717) is 23.2 Å². The Labute approximate surface area is 197 Å². The molecule has 1 fully saturated rings. The SMILES string of the molecule is CNS(=O)(=O)OCC(=O)Nc1nc(COC2CCN(C)CC2)c(Cc2cccc(Cl)c2)s1. The van der Waals surface area contributed by atoms with E-state index in [1.165, 1.54) is 18.4 Å². The zero-order valence-electron chi connectivity index (χ0n) is 18.0. The Hall–Kier alpha value is -1.60. The summed E-state index contributed by atoms with van der Waals surface area (Å²) in [5, 5.41) is 3.61. The highest BCUT2D eigenvalue weighted by Gasteiger charge is 2.20. The quantitative estimate of drug-likeness (QED) is 0.513. The van der Waals surface area contributed by atoms with Crippen LogP contribution in [0.2, 0.25) is 5.02 Å². The second-order valence-corrected chi connectivity index (χ2v) is 10.6. The summed E-state index contributed by atoms with van der Waals surface area (Å²) in [5.74, 6) is -0.616. The highest BCUT2D eigenvalue weighted by molar-refractivity contribution is 7.84. The van der Waals surface area contributed by atoms with Crippen molar-refractivity contribution in [3.05, 3.63) is 45.4 Å². The second-order valence-electron chi connectivity index (χ2n) is 7.48. The minimum atomic E-state index is -3.94. The third-order valence-electron chi connectivity index (χ3n) is 4.99. The molecule has 0 radical (unpaired) electrons. The van der Waals surface area contributed by atoms with E-state index in [4.69, 9.17) is 16.3 Å². The number of likely N-dealkylation sites (tertiary alicyclic amines) is 1. The van der Waals surface area contributed by atoms with Gasteiger partial charge in [0.05, 0.1) is 18.4 Å². The molecule has 0 unspecified atom stereocenters. The van der Waals surface area contributed by atoms with Crippen LogP contribution in [-0.4, -0.2) is 64.1 Å². The molecular formula is C20H27ClN4O5S2. The van der Waals surface area contributed by atoms with Crippen LogP contribution in [-0.2, 0) is 37.0 Å². The molecule has 9 nitrogen and oxygen atoms in total. The number of hydrogen-bond acceptors (Lipinski definition) is 8. The molecule has 1 aliphatic heterocycles. The van der Waals surface area contributed by atoms with E-state index in [0.717, 1.165) is 42.1 Å². The van der Waals surface area contributed by atoms with Gasteiger partial charge in [-0.25, -0.2) is 9.17 Å². The molecule has 0 spiro atoms. The summed E-state index contributed by atoms with van der Waals surface area (Å²) in [7, 11) is -0.645. The van der Waals surface area contributed by atoms with Crippen LogP contribution < -0.4 is 10.0 Å². The van der Waals surface area contributed by atoms with Gasteiger partial charge in [-0.1, -0.05) is 23.7 Å². The van der Waals surface area contributed by atoms with Gasteiger partial charge in [-0.2, -0.15) is 13.1 Å². The van der Waals surface area contributed by atoms with Crippen LogP contribution in [0.25, 0.3) is 0 Å². The molecular weight excluding hydrogens is 476 g/mol. The summed E-state index contributed by atoms with van der Waals surface area (Å²) in [4.78, 5) is 19.9. The lowest BCUT2D eigenvalue weighted by Crippen LogP contribution is -2.34. The van der Waals surface area contributed by atoms with E-state index >= 15 is 0 Å². The number of amides is 1. The van der Waals surface area contributed by atoms with Gasteiger partial charge >= 0.3 is 10.3 Å². The van der Waals surface area contributed by atoms with Crippen molar-refractivity contribution in [3.63, 3.8) is 0 Å². The van der Waals surface area contributed by atoms with Crippen molar-refractivity contribution >= 4 is 44.3 Å². The molecule has 2 N–H and O–H groups in total. The number of halogens is 1. The maximum Gasteiger partial charge on any atom is 0.336 e. The smallest absolute Gasteiger partial charge is 0.336 e. The minimum absolute atomic E-state index is 0.171. The molecule has 1 saturated heterocycles. The van der Waals surface area contributed by atoms with E-state index in [1.807, 2.05) is 29.0 Å². The number of anilines is 1. The maximum absolute atomic E-state index is 12.1. The number of ether oxygens (including phenoxy) is 1. The number of carbonyl (C=O) groups excluding carboxylic acids is 1. The Morgan fingerprint density at radius 1 is 1.34 bits per heavy atom. The number of rotatable bonds is 10. The van der Waals surface area contributed by atoms with Gasteiger partial charge in [0.25, 0.3) is 5.91 Å². The first-order valence-corrected chi connectivity index (χ1v) is 12.8. The van der Waals surface area contributed by atoms with Crippen molar-refractivity contribution in [1.29, 1.82) is 0 Å². The zero-order valence-corrected chi connectivity index (χ0v) is 20.4. The highest BCUT2D eigenvalue weighted by Crippen LogP contribution is 2.28. The molecule has 32 heavy (non-hydrogen) atoms. The van der Waals surface area contributed by atoms with Crippen LogP contribution in [0.3, 0.4) is 0 Å². The van der Waals surface area contributed by atoms with Crippen molar-refractivity contribution in [3.8, 4) is 0 Å². The molecule has 12 heteroatoms. The molecule has 2 aromatic rings. The fourth-order valence-electron chi connectivity index (χ4n) is 3.21. The van der Waals surface area contributed by atoms with Crippen LogP contribution in [0.4, 0.5) is 5.13 Å². The Morgan fingerprint density at radius 3 is 2.78 bits per heavy atom. The third kappa shape index (κ3) is 7.77. The standard InChI is InChI=1S/C20H27ClN4O5S2/c1-22-32(27,28)30-13-19(26)24-20-23-17(12-29-16-6-8-25(2)9-7-16)18(31-20)11-14-4-3-5-15(21)10-14/h3-5,10,16,22H,6-9,11-13H2,1-2H3,(H,23,24,26). The number of aromatic nitrogens is 1. The van der Waals surface area contributed by atoms with Gasteiger partial charge in [0.2, 0.25) is 0 Å². The number of thiazole rings is 1. The fraction of sp³-hybridized carbons (Fsp3) is 0.500. The van der Waals surface area contributed by atoms with E-state index in [1.54, 1.807) is 0 Å². The largest absolute Gasteiger partial charge is 0.372 e. The van der Waals surface area contributed by atoms with Gasteiger partial charge in [0.15, 0.2) is 5.13 Å². The molecule has 0 aliphatic carbocycles. The average molecular weight is 503 g/mol. The Morgan fingerprint density at radius 2 is 2.09 bits per heavy atom. The molecule has 3 rings (SSSR count). The Kier molecular flexibility index (Phi) is 9.00. The molecule has 1 aliphatic rings. The van der Waals surface area contributed by atoms with E-state index < -0.39 is 22.8 Å². The zero-order chi connectivity index (χ0) is 23.1. The molecule has 1 amide bonds. The number of carbonyl (C=O) groups is 1. The van der Waals surface area contributed by atoms with E-state index in [9.17, 15) is 13.2 Å². The van der Waals surface area contributed by atoms with E-state index in [2.05, 4.69) is 26.4 Å². The topological polar surface area (TPSA) is 110 Å². The van der Waals surface area contributed by atoms with Crippen LogP contribution in [0.1, 0.15) is 29.0 Å². The van der Waals surface area contributed by atoms with Crippen molar-refractivity contribution in [2.45, 2.75) is 32.0 Å². The monoisotopic (exact) mass is 502 g/mol. The first-order valence-electron chi connectivity index (χ1n) is 10.1. The summed E-state index contributed by atoms with van der Waals surface area (Å²) in [6, 6.07) is 7.56. The molecule has 0 bridgehead atoms. The Bertz CT molecular complexity index is 1020. The van der Waals surface area contributed by atoms with Gasteiger partial charge in [-0.3, -0.25) is 10.1 Å². The second kappa shape index (κ2) is 11.5. The first-order chi connectivity index (χ1) is 15.2. The summed E-state index contributed by atoms with van der Waals surface area (Å²) in [5.41, 5.74) is 1.76. The lowest BCUT2D eigenvalue weighted by Gasteiger charge is -2.28. The summed E-state index contributed by atoms with van der Waals surface area (Å²) in [6.45, 7) is 1.68. The van der Waals surface area contributed by atoms with Crippen molar-refractivity contribution in [2.24, 2.45) is 0 Å². The van der Waals surface area contributed by atoms with Gasteiger partial charge in [0, 0.05) is 36.5 Å². The average Bonchev–Trinajstić information content (AvgIpc) is 3.13.